The summed E-state index contributed by atoms with van der Waals surface area (Å²) in [6.45, 7) is 4.89. The summed E-state index contributed by atoms with van der Waals surface area (Å²) in [5.74, 6) is 1.08. The van der Waals surface area contributed by atoms with E-state index < -0.39 is 0 Å². The standard InChI is InChI=1S/C15H19N3O/c1-11(2)12-3-5-13(6-4-12)14-9-17-15(18-10-14)16-7-8-19/h3-6,9-11,19H,7-8H2,1-2H3,(H,16,17,18). The van der Waals surface area contributed by atoms with Gasteiger partial charge in [-0.1, -0.05) is 38.1 Å². The predicted molar refractivity (Wildman–Crippen MR) is 77.1 cm³/mol. The van der Waals surface area contributed by atoms with E-state index in [0.717, 1.165) is 11.1 Å². The third-order valence-corrected chi connectivity index (χ3v) is 2.96. The fraction of sp³-hybridized carbons (Fsp3) is 0.333. The zero-order chi connectivity index (χ0) is 13.7. The molecule has 2 rings (SSSR count). The van der Waals surface area contributed by atoms with Crippen molar-refractivity contribution in [1.82, 2.24) is 9.97 Å². The zero-order valence-corrected chi connectivity index (χ0v) is 11.3. The lowest BCUT2D eigenvalue weighted by Gasteiger charge is -2.07. The Hall–Kier alpha value is -1.94. The highest BCUT2D eigenvalue weighted by Gasteiger charge is 2.02. The minimum Gasteiger partial charge on any atom is -0.395 e. The molecule has 0 aliphatic heterocycles. The van der Waals surface area contributed by atoms with Gasteiger partial charge in [0.05, 0.1) is 6.61 Å². The van der Waals surface area contributed by atoms with Gasteiger partial charge in [-0.2, -0.15) is 0 Å². The molecule has 0 atom stereocenters. The molecule has 100 valence electrons. The van der Waals surface area contributed by atoms with Crippen molar-refractivity contribution in [2.45, 2.75) is 19.8 Å². The number of hydrogen-bond acceptors (Lipinski definition) is 4. The molecule has 2 N–H and O–H groups in total. The molecule has 4 nitrogen and oxygen atoms in total. The Balaban J connectivity index is 2.13. The highest BCUT2D eigenvalue weighted by molar-refractivity contribution is 5.62. The quantitative estimate of drug-likeness (QED) is 0.864. The number of aliphatic hydroxyl groups excluding tert-OH is 1. The number of rotatable bonds is 5. The van der Waals surface area contributed by atoms with Crippen molar-refractivity contribution in [3.63, 3.8) is 0 Å². The van der Waals surface area contributed by atoms with Crippen LogP contribution in [-0.2, 0) is 0 Å². The zero-order valence-electron chi connectivity index (χ0n) is 11.3. The van der Waals surface area contributed by atoms with E-state index in [2.05, 4.69) is 53.4 Å². The summed E-state index contributed by atoms with van der Waals surface area (Å²) in [5, 5.41) is 11.6. The molecule has 1 aromatic heterocycles. The highest BCUT2D eigenvalue weighted by atomic mass is 16.3. The minimum absolute atomic E-state index is 0.0712. The van der Waals surface area contributed by atoms with Gasteiger partial charge in [0.25, 0.3) is 0 Å². The molecular weight excluding hydrogens is 238 g/mol. The first kappa shape index (κ1) is 13.5. The van der Waals surface area contributed by atoms with Crippen LogP contribution in [0.4, 0.5) is 5.95 Å². The summed E-state index contributed by atoms with van der Waals surface area (Å²) < 4.78 is 0. The van der Waals surface area contributed by atoms with Gasteiger partial charge in [-0.15, -0.1) is 0 Å². The molecule has 0 aliphatic rings. The van der Waals surface area contributed by atoms with Gasteiger partial charge >= 0.3 is 0 Å². The van der Waals surface area contributed by atoms with Crippen molar-refractivity contribution in [3.8, 4) is 11.1 Å². The van der Waals surface area contributed by atoms with Crippen LogP contribution in [0.15, 0.2) is 36.7 Å². The molecule has 4 heteroatoms. The van der Waals surface area contributed by atoms with Crippen molar-refractivity contribution in [2.24, 2.45) is 0 Å². The van der Waals surface area contributed by atoms with Crippen LogP contribution < -0.4 is 5.32 Å². The maximum absolute atomic E-state index is 8.71. The lowest BCUT2D eigenvalue weighted by Crippen LogP contribution is -2.08. The predicted octanol–water partition coefficient (Wildman–Crippen LogP) is 2.67. The van der Waals surface area contributed by atoms with E-state index in [-0.39, 0.29) is 6.61 Å². The summed E-state index contributed by atoms with van der Waals surface area (Å²) in [7, 11) is 0. The Morgan fingerprint density at radius 3 is 2.21 bits per heavy atom. The summed E-state index contributed by atoms with van der Waals surface area (Å²) in [4.78, 5) is 8.43. The first-order chi connectivity index (χ1) is 9.20. The normalized spacial score (nSPS) is 10.7. The Kier molecular flexibility index (Phi) is 4.47. The summed E-state index contributed by atoms with van der Waals surface area (Å²) in [6.07, 6.45) is 3.58. The number of hydrogen-bond donors (Lipinski definition) is 2. The second kappa shape index (κ2) is 6.29. The number of aromatic nitrogens is 2. The minimum atomic E-state index is 0.0712. The monoisotopic (exact) mass is 257 g/mol. The van der Waals surface area contributed by atoms with Crippen LogP contribution in [0.25, 0.3) is 11.1 Å². The van der Waals surface area contributed by atoms with Gasteiger partial charge in [0.15, 0.2) is 0 Å². The van der Waals surface area contributed by atoms with Crippen LogP contribution in [0.3, 0.4) is 0 Å². The molecule has 0 aliphatic carbocycles. The van der Waals surface area contributed by atoms with E-state index in [1.165, 1.54) is 5.56 Å². The van der Waals surface area contributed by atoms with Crippen molar-refractivity contribution < 1.29 is 5.11 Å². The molecule has 0 radical (unpaired) electrons. The van der Waals surface area contributed by atoms with Gasteiger partial charge in [-0.05, 0) is 17.0 Å². The number of nitrogens with zero attached hydrogens (tertiary/aromatic N) is 2. The van der Waals surface area contributed by atoms with Crippen LogP contribution in [0.1, 0.15) is 25.3 Å². The highest BCUT2D eigenvalue weighted by Crippen LogP contribution is 2.21. The van der Waals surface area contributed by atoms with Crippen molar-refractivity contribution in [3.05, 3.63) is 42.2 Å². The van der Waals surface area contributed by atoms with Crippen LogP contribution >= 0.6 is 0 Å². The topological polar surface area (TPSA) is 58.0 Å². The molecule has 0 amide bonds. The molecule has 19 heavy (non-hydrogen) atoms. The largest absolute Gasteiger partial charge is 0.395 e. The Bertz CT molecular complexity index is 506. The van der Waals surface area contributed by atoms with Crippen molar-refractivity contribution in [2.75, 3.05) is 18.5 Å². The SMILES string of the molecule is CC(C)c1ccc(-c2cnc(NCCO)nc2)cc1. The molecule has 0 spiro atoms. The van der Waals surface area contributed by atoms with Crippen molar-refractivity contribution in [1.29, 1.82) is 0 Å². The maximum Gasteiger partial charge on any atom is 0.222 e. The molecule has 2 aromatic rings. The third-order valence-electron chi connectivity index (χ3n) is 2.96. The molecule has 0 bridgehead atoms. The van der Waals surface area contributed by atoms with E-state index >= 15 is 0 Å². The van der Waals surface area contributed by atoms with E-state index in [9.17, 15) is 0 Å². The first-order valence-electron chi connectivity index (χ1n) is 6.48. The van der Waals surface area contributed by atoms with Gasteiger partial charge in [-0.3, -0.25) is 0 Å². The molecule has 0 fully saturated rings. The summed E-state index contributed by atoms with van der Waals surface area (Å²) in [6, 6.07) is 8.46. The average Bonchev–Trinajstić information content (AvgIpc) is 2.46. The lowest BCUT2D eigenvalue weighted by molar-refractivity contribution is 0.311. The fourth-order valence-electron chi connectivity index (χ4n) is 1.80. The van der Waals surface area contributed by atoms with Crippen LogP contribution in [0.2, 0.25) is 0 Å². The van der Waals surface area contributed by atoms with E-state index in [1.54, 1.807) is 12.4 Å². The van der Waals surface area contributed by atoms with E-state index in [0.29, 0.717) is 18.4 Å². The molecule has 0 saturated carbocycles. The smallest absolute Gasteiger partial charge is 0.222 e. The summed E-state index contributed by atoms with van der Waals surface area (Å²) >= 11 is 0. The van der Waals surface area contributed by atoms with Crippen LogP contribution in [0.5, 0.6) is 0 Å². The Morgan fingerprint density at radius 1 is 1.05 bits per heavy atom. The lowest BCUT2D eigenvalue weighted by atomic mass is 10.00. The van der Waals surface area contributed by atoms with Gasteiger partial charge in [0.2, 0.25) is 5.95 Å². The van der Waals surface area contributed by atoms with Gasteiger partial charge in [0.1, 0.15) is 0 Å². The number of anilines is 1. The number of benzene rings is 1. The first-order valence-corrected chi connectivity index (χ1v) is 6.48. The van der Waals surface area contributed by atoms with E-state index in [4.69, 9.17) is 5.11 Å². The van der Waals surface area contributed by atoms with Crippen LogP contribution in [0, 0.1) is 0 Å². The Morgan fingerprint density at radius 2 is 1.68 bits per heavy atom. The molecule has 0 saturated heterocycles. The number of nitrogens with one attached hydrogen (secondary N) is 1. The molecule has 1 heterocycles. The maximum atomic E-state index is 8.71. The third kappa shape index (κ3) is 3.51. The Labute approximate surface area is 113 Å². The molecule has 0 unspecified atom stereocenters. The van der Waals surface area contributed by atoms with Gasteiger partial charge < -0.3 is 10.4 Å². The molecular formula is C15H19N3O. The summed E-state index contributed by atoms with van der Waals surface area (Å²) in [5.41, 5.74) is 3.42. The second-order valence-corrected chi connectivity index (χ2v) is 4.72. The average molecular weight is 257 g/mol. The fourth-order valence-corrected chi connectivity index (χ4v) is 1.80. The second-order valence-electron chi connectivity index (χ2n) is 4.72. The molecule has 1 aromatic carbocycles. The van der Waals surface area contributed by atoms with Crippen LogP contribution in [-0.4, -0.2) is 28.2 Å². The van der Waals surface area contributed by atoms with Gasteiger partial charge in [0, 0.05) is 24.5 Å². The number of aliphatic hydroxyl groups is 1. The van der Waals surface area contributed by atoms with Crippen molar-refractivity contribution >= 4 is 5.95 Å². The van der Waals surface area contributed by atoms with E-state index in [1.807, 2.05) is 0 Å². The van der Waals surface area contributed by atoms with Gasteiger partial charge in [-0.25, -0.2) is 9.97 Å².